The van der Waals surface area contributed by atoms with Crippen LogP contribution < -0.4 is 10.1 Å². The molecule has 0 bridgehead atoms. The van der Waals surface area contributed by atoms with Gasteiger partial charge in [-0.25, -0.2) is 0 Å². The minimum absolute atomic E-state index is 0.344. The van der Waals surface area contributed by atoms with Crippen LogP contribution >= 0.6 is 0 Å². The van der Waals surface area contributed by atoms with Crippen LogP contribution in [0.15, 0.2) is 34.9 Å². The van der Waals surface area contributed by atoms with Crippen LogP contribution in [0, 0.1) is 5.92 Å². The number of rotatable bonds is 5. The summed E-state index contributed by atoms with van der Waals surface area (Å²) >= 11 is 0. The van der Waals surface area contributed by atoms with Gasteiger partial charge in [0.2, 0.25) is 11.7 Å². The van der Waals surface area contributed by atoms with Gasteiger partial charge < -0.3 is 14.6 Å². The predicted octanol–water partition coefficient (Wildman–Crippen LogP) is 1.80. The van der Waals surface area contributed by atoms with Crippen molar-refractivity contribution in [3.63, 3.8) is 0 Å². The second-order valence-corrected chi connectivity index (χ2v) is 4.77. The highest BCUT2D eigenvalue weighted by atomic mass is 16.5. The SMILES string of the molecule is c1ccc(OCc2noc(CC3CCNC3)n2)cc1. The van der Waals surface area contributed by atoms with Gasteiger partial charge in [-0.1, -0.05) is 23.4 Å². The number of aromatic nitrogens is 2. The second-order valence-electron chi connectivity index (χ2n) is 4.77. The van der Waals surface area contributed by atoms with Crippen LogP contribution in [0.2, 0.25) is 0 Å². The van der Waals surface area contributed by atoms with Crippen molar-refractivity contribution in [3.05, 3.63) is 42.0 Å². The van der Waals surface area contributed by atoms with Crippen molar-refractivity contribution in [3.8, 4) is 5.75 Å². The Balaban J connectivity index is 1.53. The zero-order chi connectivity index (χ0) is 12.9. The predicted molar refractivity (Wildman–Crippen MR) is 69.8 cm³/mol. The third-order valence-corrected chi connectivity index (χ3v) is 3.25. The van der Waals surface area contributed by atoms with Gasteiger partial charge in [-0.15, -0.1) is 0 Å². The van der Waals surface area contributed by atoms with E-state index in [1.807, 2.05) is 30.3 Å². The Bertz CT molecular complexity index is 506. The summed E-state index contributed by atoms with van der Waals surface area (Å²) in [5.74, 6) is 2.74. The van der Waals surface area contributed by atoms with Gasteiger partial charge >= 0.3 is 0 Å². The normalized spacial score (nSPS) is 18.6. The number of benzene rings is 1. The number of hydrogen-bond acceptors (Lipinski definition) is 5. The van der Waals surface area contributed by atoms with Gasteiger partial charge in [-0.2, -0.15) is 4.98 Å². The molecule has 1 aliphatic heterocycles. The monoisotopic (exact) mass is 259 g/mol. The van der Waals surface area contributed by atoms with Crippen LogP contribution in [0.4, 0.5) is 0 Å². The van der Waals surface area contributed by atoms with Crippen LogP contribution in [-0.2, 0) is 13.0 Å². The van der Waals surface area contributed by atoms with E-state index in [-0.39, 0.29) is 0 Å². The first kappa shape index (κ1) is 12.2. The molecule has 1 saturated heterocycles. The minimum Gasteiger partial charge on any atom is -0.485 e. The van der Waals surface area contributed by atoms with Crippen molar-refractivity contribution in [1.29, 1.82) is 0 Å². The maximum absolute atomic E-state index is 5.58. The van der Waals surface area contributed by atoms with Gasteiger partial charge in [0.05, 0.1) is 0 Å². The van der Waals surface area contributed by atoms with E-state index >= 15 is 0 Å². The highest BCUT2D eigenvalue weighted by molar-refractivity contribution is 5.20. The van der Waals surface area contributed by atoms with Crippen molar-refractivity contribution in [2.24, 2.45) is 5.92 Å². The molecule has 19 heavy (non-hydrogen) atoms. The summed E-state index contributed by atoms with van der Waals surface area (Å²) in [6, 6.07) is 9.64. The van der Waals surface area contributed by atoms with Crippen molar-refractivity contribution < 1.29 is 9.26 Å². The second kappa shape index (κ2) is 5.84. The lowest BCUT2D eigenvalue weighted by molar-refractivity contribution is 0.284. The molecule has 2 heterocycles. The van der Waals surface area contributed by atoms with E-state index in [4.69, 9.17) is 9.26 Å². The van der Waals surface area contributed by atoms with Gasteiger partial charge in [0, 0.05) is 6.42 Å². The molecule has 0 saturated carbocycles. The lowest BCUT2D eigenvalue weighted by Gasteiger charge is -2.02. The van der Waals surface area contributed by atoms with Crippen LogP contribution in [0.1, 0.15) is 18.1 Å². The highest BCUT2D eigenvalue weighted by Gasteiger charge is 2.18. The fourth-order valence-corrected chi connectivity index (χ4v) is 2.23. The molecule has 5 heteroatoms. The maximum atomic E-state index is 5.58. The molecule has 0 radical (unpaired) electrons. The molecule has 1 aliphatic rings. The van der Waals surface area contributed by atoms with Crippen molar-refractivity contribution in [1.82, 2.24) is 15.5 Å². The first-order chi connectivity index (χ1) is 9.40. The first-order valence-corrected chi connectivity index (χ1v) is 6.60. The summed E-state index contributed by atoms with van der Waals surface area (Å²) in [4.78, 5) is 4.36. The zero-order valence-corrected chi connectivity index (χ0v) is 10.7. The minimum atomic E-state index is 0.344. The van der Waals surface area contributed by atoms with Gasteiger partial charge in [0.1, 0.15) is 5.75 Å². The Morgan fingerprint density at radius 2 is 2.21 bits per heavy atom. The molecule has 0 spiro atoms. The van der Waals surface area contributed by atoms with Crippen molar-refractivity contribution in [2.75, 3.05) is 13.1 Å². The molecule has 5 nitrogen and oxygen atoms in total. The average Bonchev–Trinajstić information content (AvgIpc) is 3.10. The van der Waals surface area contributed by atoms with E-state index in [2.05, 4.69) is 15.5 Å². The summed E-state index contributed by atoms with van der Waals surface area (Å²) in [7, 11) is 0. The molecular formula is C14H17N3O2. The highest BCUT2D eigenvalue weighted by Crippen LogP contribution is 2.15. The Kier molecular flexibility index (Phi) is 3.74. The molecule has 1 aromatic carbocycles. The Labute approximate surface area is 112 Å². The summed E-state index contributed by atoms with van der Waals surface area (Å²) in [6.07, 6.45) is 2.03. The van der Waals surface area contributed by atoms with E-state index in [1.165, 1.54) is 6.42 Å². The molecule has 0 amide bonds. The summed E-state index contributed by atoms with van der Waals surface area (Å²) in [5, 5.41) is 7.27. The lowest BCUT2D eigenvalue weighted by Crippen LogP contribution is -2.10. The van der Waals surface area contributed by atoms with E-state index in [9.17, 15) is 0 Å². The Morgan fingerprint density at radius 1 is 1.32 bits per heavy atom. The van der Waals surface area contributed by atoms with Gasteiger partial charge in [-0.05, 0) is 37.6 Å². The lowest BCUT2D eigenvalue weighted by atomic mass is 10.1. The van der Waals surface area contributed by atoms with Gasteiger partial charge in [0.15, 0.2) is 6.61 Å². The fourth-order valence-electron chi connectivity index (χ4n) is 2.23. The van der Waals surface area contributed by atoms with E-state index in [0.717, 1.165) is 25.3 Å². The molecular weight excluding hydrogens is 242 g/mol. The molecule has 1 unspecified atom stereocenters. The number of ether oxygens (including phenoxy) is 1. The van der Waals surface area contributed by atoms with E-state index < -0.39 is 0 Å². The smallest absolute Gasteiger partial charge is 0.227 e. The third-order valence-electron chi connectivity index (χ3n) is 3.25. The van der Waals surface area contributed by atoms with E-state index in [0.29, 0.717) is 24.2 Å². The molecule has 3 rings (SSSR count). The van der Waals surface area contributed by atoms with Gasteiger partial charge in [-0.3, -0.25) is 0 Å². The number of nitrogens with one attached hydrogen (secondary N) is 1. The van der Waals surface area contributed by atoms with E-state index in [1.54, 1.807) is 0 Å². The van der Waals surface area contributed by atoms with Crippen LogP contribution in [0.5, 0.6) is 5.75 Å². The largest absolute Gasteiger partial charge is 0.485 e. The van der Waals surface area contributed by atoms with Crippen LogP contribution in [-0.4, -0.2) is 23.2 Å². The Hall–Kier alpha value is -1.88. The average molecular weight is 259 g/mol. The Morgan fingerprint density at radius 3 is 3.00 bits per heavy atom. The maximum Gasteiger partial charge on any atom is 0.227 e. The molecule has 1 atom stereocenters. The first-order valence-electron chi connectivity index (χ1n) is 6.60. The fraction of sp³-hybridized carbons (Fsp3) is 0.429. The number of nitrogens with zero attached hydrogens (tertiary/aromatic N) is 2. The number of para-hydroxylation sites is 1. The third kappa shape index (κ3) is 3.32. The molecule has 1 N–H and O–H groups in total. The van der Waals surface area contributed by atoms with Crippen LogP contribution in [0.3, 0.4) is 0 Å². The molecule has 1 fully saturated rings. The van der Waals surface area contributed by atoms with Crippen molar-refractivity contribution in [2.45, 2.75) is 19.4 Å². The van der Waals surface area contributed by atoms with Gasteiger partial charge in [0.25, 0.3) is 0 Å². The molecule has 1 aromatic heterocycles. The molecule has 0 aliphatic carbocycles. The summed E-state index contributed by atoms with van der Waals surface area (Å²) < 4.78 is 10.8. The summed E-state index contributed by atoms with van der Waals surface area (Å²) in [5.41, 5.74) is 0. The van der Waals surface area contributed by atoms with Crippen molar-refractivity contribution >= 4 is 0 Å². The molecule has 2 aromatic rings. The quantitative estimate of drug-likeness (QED) is 0.887. The topological polar surface area (TPSA) is 60.2 Å². The number of hydrogen-bond donors (Lipinski definition) is 1. The van der Waals surface area contributed by atoms with Crippen LogP contribution in [0.25, 0.3) is 0 Å². The zero-order valence-electron chi connectivity index (χ0n) is 10.7. The molecule has 100 valence electrons. The standard InChI is InChI=1S/C14H17N3O2/c1-2-4-12(5-3-1)18-10-13-16-14(19-17-13)8-11-6-7-15-9-11/h1-5,11,15H,6-10H2. The summed E-state index contributed by atoms with van der Waals surface area (Å²) in [6.45, 7) is 2.47.